The number of amides is 1. The topological polar surface area (TPSA) is 53.4 Å². The van der Waals surface area contributed by atoms with Crippen molar-refractivity contribution in [2.75, 3.05) is 13.6 Å². The van der Waals surface area contributed by atoms with Crippen molar-refractivity contribution in [1.29, 1.82) is 0 Å². The Labute approximate surface area is 93.5 Å². The fourth-order valence-corrected chi connectivity index (χ4v) is 1.29. The molecule has 0 aliphatic carbocycles. The van der Waals surface area contributed by atoms with Gasteiger partial charge in [0.05, 0.1) is 11.1 Å². The second-order valence-corrected chi connectivity index (χ2v) is 3.83. The van der Waals surface area contributed by atoms with Crippen LogP contribution in [0, 0.1) is 0 Å². The number of aromatic nitrogens is 1. The van der Waals surface area contributed by atoms with E-state index in [0.717, 1.165) is 0 Å². The molecule has 0 aliphatic heterocycles. The third-order valence-electron chi connectivity index (χ3n) is 1.83. The van der Waals surface area contributed by atoms with Crippen molar-refractivity contribution >= 4 is 17.5 Å². The van der Waals surface area contributed by atoms with Crippen molar-refractivity contribution in [1.82, 2.24) is 9.88 Å². The van der Waals surface area contributed by atoms with E-state index in [9.17, 15) is 4.79 Å². The molecular formula is C10H13ClN2O2. The fourth-order valence-electron chi connectivity index (χ4n) is 1.18. The maximum Gasteiger partial charge on any atom is 0.272 e. The average molecular weight is 229 g/mol. The van der Waals surface area contributed by atoms with Gasteiger partial charge in [-0.05, 0) is 19.1 Å². The minimum Gasteiger partial charge on any atom is -0.392 e. The molecule has 1 amide bonds. The highest BCUT2D eigenvalue weighted by Gasteiger charge is 2.14. The molecular weight excluding hydrogens is 216 g/mol. The van der Waals surface area contributed by atoms with Crippen molar-refractivity contribution in [3.63, 3.8) is 0 Å². The SMILES string of the molecule is CC(O)CN(C)C(=O)c1ccc(Cl)cn1. The first-order valence-corrected chi connectivity index (χ1v) is 4.93. The molecule has 4 nitrogen and oxygen atoms in total. The van der Waals surface area contributed by atoms with Gasteiger partial charge < -0.3 is 10.0 Å². The molecule has 0 spiro atoms. The molecule has 82 valence electrons. The molecule has 0 aliphatic rings. The van der Waals surface area contributed by atoms with E-state index in [4.69, 9.17) is 16.7 Å². The van der Waals surface area contributed by atoms with Gasteiger partial charge in [-0.2, -0.15) is 0 Å². The third kappa shape index (κ3) is 3.49. The van der Waals surface area contributed by atoms with Gasteiger partial charge in [-0.25, -0.2) is 4.98 Å². The Morgan fingerprint density at radius 2 is 2.33 bits per heavy atom. The molecule has 1 aromatic rings. The van der Waals surface area contributed by atoms with Gasteiger partial charge in [0.25, 0.3) is 5.91 Å². The largest absolute Gasteiger partial charge is 0.392 e. The van der Waals surface area contributed by atoms with Crippen LogP contribution in [0.15, 0.2) is 18.3 Å². The summed E-state index contributed by atoms with van der Waals surface area (Å²) in [7, 11) is 1.62. The highest BCUT2D eigenvalue weighted by Crippen LogP contribution is 2.07. The molecule has 0 fully saturated rings. The monoisotopic (exact) mass is 228 g/mol. The van der Waals surface area contributed by atoms with Crippen molar-refractivity contribution in [3.05, 3.63) is 29.0 Å². The Balaban J connectivity index is 2.72. The van der Waals surface area contributed by atoms with Crippen LogP contribution in [0.1, 0.15) is 17.4 Å². The number of hydrogen-bond acceptors (Lipinski definition) is 3. The van der Waals surface area contributed by atoms with E-state index in [1.165, 1.54) is 11.1 Å². The van der Waals surface area contributed by atoms with Gasteiger partial charge in [-0.15, -0.1) is 0 Å². The van der Waals surface area contributed by atoms with Crippen molar-refractivity contribution < 1.29 is 9.90 Å². The summed E-state index contributed by atoms with van der Waals surface area (Å²) in [6, 6.07) is 3.17. The standard InChI is InChI=1S/C10H13ClN2O2/c1-7(14)6-13(2)10(15)9-4-3-8(11)5-12-9/h3-5,7,14H,6H2,1-2H3. The van der Waals surface area contributed by atoms with Crippen LogP contribution in [-0.2, 0) is 0 Å². The number of carbonyl (C=O) groups is 1. The predicted molar refractivity (Wildman–Crippen MR) is 57.9 cm³/mol. The summed E-state index contributed by atoms with van der Waals surface area (Å²) in [5.74, 6) is -0.229. The zero-order chi connectivity index (χ0) is 11.4. The number of rotatable bonds is 3. The maximum absolute atomic E-state index is 11.7. The van der Waals surface area contributed by atoms with E-state index in [1.54, 1.807) is 26.1 Å². The summed E-state index contributed by atoms with van der Waals surface area (Å²) >= 11 is 5.65. The van der Waals surface area contributed by atoms with Crippen molar-refractivity contribution in [3.8, 4) is 0 Å². The van der Waals surface area contributed by atoms with E-state index in [0.29, 0.717) is 10.7 Å². The van der Waals surface area contributed by atoms with Crippen LogP contribution in [0.3, 0.4) is 0 Å². The second-order valence-electron chi connectivity index (χ2n) is 3.40. The van der Waals surface area contributed by atoms with Gasteiger partial charge in [0.2, 0.25) is 0 Å². The van der Waals surface area contributed by atoms with Crippen LogP contribution in [-0.4, -0.2) is 40.6 Å². The van der Waals surface area contributed by atoms with Gasteiger partial charge in [0.15, 0.2) is 0 Å². The number of likely N-dealkylation sites (N-methyl/N-ethyl adjacent to an activating group) is 1. The minimum atomic E-state index is -0.550. The van der Waals surface area contributed by atoms with Gasteiger partial charge in [0.1, 0.15) is 5.69 Å². The number of aliphatic hydroxyl groups excluding tert-OH is 1. The molecule has 1 N–H and O–H groups in total. The lowest BCUT2D eigenvalue weighted by Gasteiger charge is -2.18. The number of nitrogens with zero attached hydrogens (tertiary/aromatic N) is 2. The van der Waals surface area contributed by atoms with Crippen molar-refractivity contribution in [2.24, 2.45) is 0 Å². The van der Waals surface area contributed by atoms with Crippen LogP contribution in [0.25, 0.3) is 0 Å². The Kier molecular flexibility index (Phi) is 4.05. The molecule has 0 aromatic carbocycles. The molecule has 1 aromatic heterocycles. The molecule has 15 heavy (non-hydrogen) atoms. The lowest BCUT2D eigenvalue weighted by molar-refractivity contribution is 0.0698. The molecule has 0 saturated heterocycles. The molecule has 1 heterocycles. The number of aliphatic hydroxyl groups is 1. The number of pyridine rings is 1. The smallest absolute Gasteiger partial charge is 0.272 e. The molecule has 0 bridgehead atoms. The first kappa shape index (κ1) is 11.9. The molecule has 1 unspecified atom stereocenters. The second kappa shape index (κ2) is 5.09. The minimum absolute atomic E-state index is 0.229. The average Bonchev–Trinajstić information content (AvgIpc) is 2.17. The maximum atomic E-state index is 11.7. The van der Waals surface area contributed by atoms with Crippen LogP contribution in [0.4, 0.5) is 0 Å². The van der Waals surface area contributed by atoms with E-state index in [2.05, 4.69) is 4.98 Å². The summed E-state index contributed by atoms with van der Waals surface area (Å²) in [4.78, 5) is 17.0. The number of carbonyl (C=O) groups excluding carboxylic acids is 1. The van der Waals surface area contributed by atoms with Gasteiger partial charge in [0, 0.05) is 19.8 Å². The summed E-state index contributed by atoms with van der Waals surface area (Å²) < 4.78 is 0. The quantitative estimate of drug-likeness (QED) is 0.846. The molecule has 1 rings (SSSR count). The van der Waals surface area contributed by atoms with Gasteiger partial charge in [-0.3, -0.25) is 4.79 Å². The molecule has 5 heteroatoms. The van der Waals surface area contributed by atoms with E-state index in [1.807, 2.05) is 0 Å². The highest BCUT2D eigenvalue weighted by molar-refractivity contribution is 6.30. The van der Waals surface area contributed by atoms with Gasteiger partial charge >= 0.3 is 0 Å². The summed E-state index contributed by atoms with van der Waals surface area (Å²) in [6.45, 7) is 1.90. The Morgan fingerprint density at radius 3 is 2.80 bits per heavy atom. The van der Waals surface area contributed by atoms with E-state index < -0.39 is 6.10 Å². The van der Waals surface area contributed by atoms with Crippen LogP contribution in [0.5, 0.6) is 0 Å². The van der Waals surface area contributed by atoms with Gasteiger partial charge in [-0.1, -0.05) is 11.6 Å². The van der Waals surface area contributed by atoms with Crippen LogP contribution < -0.4 is 0 Å². The van der Waals surface area contributed by atoms with Crippen molar-refractivity contribution in [2.45, 2.75) is 13.0 Å². The third-order valence-corrected chi connectivity index (χ3v) is 2.05. The molecule has 1 atom stereocenters. The van der Waals surface area contributed by atoms with E-state index in [-0.39, 0.29) is 12.5 Å². The number of halogens is 1. The number of hydrogen-bond donors (Lipinski definition) is 1. The summed E-state index contributed by atoms with van der Waals surface area (Å²) in [5.41, 5.74) is 0.322. The summed E-state index contributed by atoms with van der Waals surface area (Å²) in [5, 5.41) is 9.62. The highest BCUT2D eigenvalue weighted by atomic mass is 35.5. The van der Waals surface area contributed by atoms with Crippen LogP contribution >= 0.6 is 11.6 Å². The fraction of sp³-hybridized carbons (Fsp3) is 0.400. The zero-order valence-corrected chi connectivity index (χ0v) is 9.40. The molecule has 0 radical (unpaired) electrons. The first-order chi connectivity index (χ1) is 7.00. The first-order valence-electron chi connectivity index (χ1n) is 4.56. The normalized spacial score (nSPS) is 12.3. The van der Waals surface area contributed by atoms with E-state index >= 15 is 0 Å². The molecule has 0 saturated carbocycles. The zero-order valence-electron chi connectivity index (χ0n) is 8.64. The lowest BCUT2D eigenvalue weighted by atomic mass is 10.3. The Morgan fingerprint density at radius 1 is 1.67 bits per heavy atom. The van der Waals surface area contributed by atoms with Crippen LogP contribution in [0.2, 0.25) is 5.02 Å². The Hall–Kier alpha value is -1.13. The summed E-state index contributed by atoms with van der Waals surface area (Å²) in [6.07, 6.45) is 0.872. The predicted octanol–water partition coefficient (Wildman–Crippen LogP) is 1.19. The lowest BCUT2D eigenvalue weighted by Crippen LogP contribution is -2.33. The Bertz CT molecular complexity index is 338.